The van der Waals surface area contributed by atoms with Crippen LogP contribution in [-0.2, 0) is 16.0 Å². The third-order valence-corrected chi connectivity index (χ3v) is 7.99. The molecule has 2 aromatic carbocycles. The second kappa shape index (κ2) is 9.75. The topological polar surface area (TPSA) is 94.6 Å². The SMILES string of the molecule is C[C@@]1(CCc2ccccc2)NC(=O)N(NC(=O)CN2CCC[C@@H](c3nc4ccccc4s3)C2)C1=O. The number of amides is 4. The Morgan fingerprint density at radius 2 is 1.94 bits per heavy atom. The fourth-order valence-electron chi connectivity index (χ4n) is 4.82. The quantitative estimate of drug-likeness (QED) is 0.494. The largest absolute Gasteiger partial charge is 0.344 e. The number of nitrogens with zero attached hydrogens (tertiary/aromatic N) is 3. The number of carbonyl (C=O) groups excluding carboxylic acids is 3. The minimum absolute atomic E-state index is 0.124. The molecule has 0 radical (unpaired) electrons. The summed E-state index contributed by atoms with van der Waals surface area (Å²) in [7, 11) is 0. The molecule has 0 bridgehead atoms. The average molecular weight is 492 g/mol. The highest BCUT2D eigenvalue weighted by Gasteiger charge is 2.48. The molecule has 5 rings (SSSR count). The minimum Gasteiger partial charge on any atom is -0.322 e. The van der Waals surface area contributed by atoms with Crippen molar-refractivity contribution < 1.29 is 14.4 Å². The molecule has 2 fully saturated rings. The Kier molecular flexibility index (Phi) is 6.53. The van der Waals surface area contributed by atoms with E-state index in [1.807, 2.05) is 48.5 Å². The zero-order chi connectivity index (χ0) is 24.4. The highest BCUT2D eigenvalue weighted by Crippen LogP contribution is 2.33. The van der Waals surface area contributed by atoms with E-state index in [0.29, 0.717) is 12.8 Å². The van der Waals surface area contributed by atoms with Crippen LogP contribution in [0.15, 0.2) is 54.6 Å². The number of nitrogens with one attached hydrogen (secondary N) is 2. The van der Waals surface area contributed by atoms with Gasteiger partial charge in [0.05, 0.1) is 21.8 Å². The molecule has 3 heterocycles. The number of likely N-dealkylation sites (tertiary alicyclic amines) is 1. The van der Waals surface area contributed by atoms with Crippen LogP contribution in [0.25, 0.3) is 10.2 Å². The first kappa shape index (κ1) is 23.4. The van der Waals surface area contributed by atoms with Crippen molar-refractivity contribution in [1.82, 2.24) is 25.6 Å². The number of benzene rings is 2. The summed E-state index contributed by atoms with van der Waals surface area (Å²) in [6.07, 6.45) is 3.09. The summed E-state index contributed by atoms with van der Waals surface area (Å²) in [6, 6.07) is 17.3. The lowest BCUT2D eigenvalue weighted by molar-refractivity contribution is -0.139. The summed E-state index contributed by atoms with van der Waals surface area (Å²) < 4.78 is 1.17. The fourth-order valence-corrected chi connectivity index (χ4v) is 5.92. The zero-order valence-electron chi connectivity index (χ0n) is 19.7. The Labute approximate surface area is 208 Å². The van der Waals surface area contributed by atoms with Gasteiger partial charge in [-0.15, -0.1) is 11.3 Å². The third-order valence-electron chi connectivity index (χ3n) is 6.79. The number of aryl methyl sites for hydroxylation is 1. The van der Waals surface area contributed by atoms with Gasteiger partial charge in [0.15, 0.2) is 0 Å². The number of fused-ring (bicyclic) bond motifs is 1. The predicted molar refractivity (Wildman–Crippen MR) is 135 cm³/mol. The van der Waals surface area contributed by atoms with Gasteiger partial charge in [-0.2, -0.15) is 5.01 Å². The summed E-state index contributed by atoms with van der Waals surface area (Å²) in [5.41, 5.74) is 3.58. The lowest BCUT2D eigenvalue weighted by atomic mass is 9.93. The number of carbonyl (C=O) groups is 3. The van der Waals surface area contributed by atoms with Gasteiger partial charge in [-0.25, -0.2) is 9.78 Å². The standard InChI is InChI=1S/C26H29N5O3S/c1-26(14-13-18-8-3-2-4-9-18)24(33)31(25(34)28-26)29-22(32)17-30-15-7-10-19(16-30)23-27-20-11-5-6-12-21(20)35-23/h2-6,8-9,11-12,19H,7,10,13-17H2,1H3,(H,28,34)(H,29,32)/t19-,26+/m1/s1. The molecule has 1 aromatic heterocycles. The summed E-state index contributed by atoms with van der Waals surface area (Å²) in [6.45, 7) is 3.35. The van der Waals surface area contributed by atoms with Crippen LogP contribution in [0.2, 0.25) is 0 Å². The molecular weight excluding hydrogens is 462 g/mol. The number of piperidine rings is 1. The Bertz CT molecular complexity index is 1210. The number of hydrazine groups is 1. The van der Waals surface area contributed by atoms with Gasteiger partial charge < -0.3 is 5.32 Å². The number of urea groups is 1. The van der Waals surface area contributed by atoms with Crippen molar-refractivity contribution in [2.75, 3.05) is 19.6 Å². The Balaban J connectivity index is 1.17. The van der Waals surface area contributed by atoms with E-state index in [4.69, 9.17) is 4.98 Å². The van der Waals surface area contributed by atoms with Crippen molar-refractivity contribution in [1.29, 1.82) is 0 Å². The maximum atomic E-state index is 13.0. The summed E-state index contributed by atoms with van der Waals surface area (Å²) >= 11 is 1.71. The number of aromatic nitrogens is 1. The molecule has 35 heavy (non-hydrogen) atoms. The Morgan fingerprint density at radius 1 is 1.17 bits per heavy atom. The number of hydrogen-bond donors (Lipinski definition) is 2. The number of rotatable bonds is 7. The molecule has 2 N–H and O–H groups in total. The number of hydrogen-bond acceptors (Lipinski definition) is 6. The average Bonchev–Trinajstić information content (AvgIpc) is 3.39. The van der Waals surface area contributed by atoms with Crippen LogP contribution < -0.4 is 10.7 Å². The van der Waals surface area contributed by atoms with Gasteiger partial charge in [0, 0.05) is 12.5 Å². The maximum absolute atomic E-state index is 13.0. The van der Waals surface area contributed by atoms with Crippen LogP contribution in [0, 0.1) is 0 Å². The second-order valence-corrected chi connectivity index (χ2v) is 10.6. The van der Waals surface area contributed by atoms with Crippen molar-refractivity contribution >= 4 is 39.4 Å². The molecule has 2 aliphatic heterocycles. The van der Waals surface area contributed by atoms with E-state index < -0.39 is 17.5 Å². The van der Waals surface area contributed by atoms with Crippen molar-refractivity contribution in [2.24, 2.45) is 0 Å². The van der Waals surface area contributed by atoms with Crippen LogP contribution in [-0.4, -0.2) is 57.9 Å². The second-order valence-electron chi connectivity index (χ2n) is 9.52. The van der Waals surface area contributed by atoms with Gasteiger partial charge in [-0.1, -0.05) is 42.5 Å². The molecule has 0 aliphatic carbocycles. The summed E-state index contributed by atoms with van der Waals surface area (Å²) in [5, 5.41) is 4.69. The molecule has 0 unspecified atom stereocenters. The van der Waals surface area contributed by atoms with Crippen LogP contribution >= 0.6 is 11.3 Å². The van der Waals surface area contributed by atoms with Crippen LogP contribution in [0.1, 0.15) is 42.7 Å². The normalized spacial score (nSPS) is 23.0. The maximum Gasteiger partial charge on any atom is 0.344 e. The lowest BCUT2D eigenvalue weighted by Gasteiger charge is -2.31. The smallest absolute Gasteiger partial charge is 0.322 e. The molecule has 2 saturated heterocycles. The molecule has 4 amide bonds. The third kappa shape index (κ3) is 5.06. The highest BCUT2D eigenvalue weighted by atomic mass is 32.1. The van der Waals surface area contributed by atoms with E-state index in [9.17, 15) is 14.4 Å². The van der Waals surface area contributed by atoms with Gasteiger partial charge in [-0.3, -0.25) is 19.9 Å². The van der Waals surface area contributed by atoms with Gasteiger partial charge in [0.1, 0.15) is 5.54 Å². The molecule has 3 aromatic rings. The number of imide groups is 1. The van der Waals surface area contributed by atoms with Gasteiger partial charge in [0.2, 0.25) is 0 Å². The Hall–Kier alpha value is -3.30. The monoisotopic (exact) mass is 491 g/mol. The van der Waals surface area contributed by atoms with Gasteiger partial charge in [-0.05, 0) is 56.8 Å². The molecule has 2 aliphatic rings. The fraction of sp³-hybridized carbons (Fsp3) is 0.385. The van der Waals surface area contributed by atoms with Crippen LogP contribution in [0.3, 0.4) is 0 Å². The van der Waals surface area contributed by atoms with E-state index in [-0.39, 0.29) is 18.4 Å². The van der Waals surface area contributed by atoms with E-state index >= 15 is 0 Å². The van der Waals surface area contributed by atoms with E-state index in [1.165, 1.54) is 4.70 Å². The molecule has 0 spiro atoms. The van der Waals surface area contributed by atoms with Crippen molar-refractivity contribution in [3.63, 3.8) is 0 Å². The van der Waals surface area contributed by atoms with E-state index in [2.05, 4.69) is 21.7 Å². The molecule has 2 atom stereocenters. The van der Waals surface area contributed by atoms with E-state index in [1.54, 1.807) is 18.3 Å². The minimum atomic E-state index is -1.05. The molecule has 182 valence electrons. The highest BCUT2D eigenvalue weighted by molar-refractivity contribution is 7.18. The molecule has 0 saturated carbocycles. The molecule has 9 heteroatoms. The van der Waals surface area contributed by atoms with E-state index in [0.717, 1.165) is 47.0 Å². The van der Waals surface area contributed by atoms with Crippen molar-refractivity contribution in [3.8, 4) is 0 Å². The Morgan fingerprint density at radius 3 is 2.74 bits per heavy atom. The zero-order valence-corrected chi connectivity index (χ0v) is 20.5. The molecule has 8 nitrogen and oxygen atoms in total. The van der Waals surface area contributed by atoms with Gasteiger partial charge in [0.25, 0.3) is 11.8 Å². The molecular formula is C26H29N5O3S. The van der Waals surface area contributed by atoms with Crippen LogP contribution in [0.5, 0.6) is 0 Å². The number of para-hydroxylation sites is 1. The predicted octanol–water partition coefficient (Wildman–Crippen LogP) is 3.45. The first-order valence-electron chi connectivity index (χ1n) is 12.0. The summed E-state index contributed by atoms with van der Waals surface area (Å²) in [4.78, 5) is 45.2. The summed E-state index contributed by atoms with van der Waals surface area (Å²) in [5.74, 6) is -0.532. The first-order chi connectivity index (χ1) is 16.9. The van der Waals surface area contributed by atoms with Crippen LogP contribution in [0.4, 0.5) is 4.79 Å². The van der Waals surface area contributed by atoms with Gasteiger partial charge >= 0.3 is 6.03 Å². The lowest BCUT2D eigenvalue weighted by Crippen LogP contribution is -2.52. The van der Waals surface area contributed by atoms with Crippen molar-refractivity contribution in [3.05, 3.63) is 65.2 Å². The number of thiazole rings is 1. The first-order valence-corrected chi connectivity index (χ1v) is 12.8. The van der Waals surface area contributed by atoms with Crippen molar-refractivity contribution in [2.45, 2.75) is 44.1 Å².